The first-order valence-corrected chi connectivity index (χ1v) is 9.96. The van der Waals surface area contributed by atoms with Gasteiger partial charge in [0, 0.05) is 24.6 Å². The Morgan fingerprint density at radius 3 is 2.62 bits per heavy atom. The third-order valence-corrected chi connectivity index (χ3v) is 5.56. The maximum atomic E-state index is 12.4. The molecule has 6 heteroatoms. The third kappa shape index (κ3) is 5.88. The number of likely N-dealkylation sites (tertiary alicyclic amines) is 1. The lowest BCUT2D eigenvalue weighted by atomic mass is 10.1. The lowest BCUT2D eigenvalue weighted by Crippen LogP contribution is -2.41. The fraction of sp³-hybridized carbons (Fsp3) is 0.450. The minimum Gasteiger partial charge on any atom is -0.378 e. The van der Waals surface area contributed by atoms with Crippen molar-refractivity contribution in [1.82, 2.24) is 4.90 Å². The van der Waals surface area contributed by atoms with Gasteiger partial charge in [-0.05, 0) is 48.7 Å². The Balaban J connectivity index is 0.00000243. The van der Waals surface area contributed by atoms with Gasteiger partial charge in [0.05, 0.1) is 11.9 Å². The van der Waals surface area contributed by atoms with Gasteiger partial charge in [0.15, 0.2) is 0 Å². The molecular formula is C20H27ClN2O2S. The molecule has 1 amide bonds. The summed E-state index contributed by atoms with van der Waals surface area (Å²) in [5.74, 6) is 0.718. The summed E-state index contributed by atoms with van der Waals surface area (Å²) in [5, 5.41) is 2.45. The number of nitrogens with zero attached hydrogens (tertiary/aromatic N) is 1. The lowest BCUT2D eigenvalue weighted by molar-refractivity contribution is -0.130. The molecule has 142 valence electrons. The molecule has 1 heterocycles. The molecule has 2 N–H and O–H groups in total. The molecular weight excluding hydrogens is 368 g/mol. The van der Waals surface area contributed by atoms with Crippen molar-refractivity contribution >= 4 is 40.8 Å². The maximum Gasteiger partial charge on any atom is 0.232 e. The molecule has 1 aliphatic heterocycles. The Morgan fingerprint density at radius 2 is 1.88 bits per heavy atom. The van der Waals surface area contributed by atoms with Crippen molar-refractivity contribution in [3.05, 3.63) is 42.5 Å². The van der Waals surface area contributed by atoms with Crippen LogP contribution in [0.5, 0.6) is 0 Å². The summed E-state index contributed by atoms with van der Waals surface area (Å²) >= 11 is 1.62. The van der Waals surface area contributed by atoms with Gasteiger partial charge in [0.2, 0.25) is 5.91 Å². The van der Waals surface area contributed by atoms with E-state index >= 15 is 0 Å². The van der Waals surface area contributed by atoms with Crippen LogP contribution in [0.25, 0.3) is 10.8 Å². The molecule has 2 aromatic carbocycles. The molecule has 3 rings (SSSR count). The van der Waals surface area contributed by atoms with Gasteiger partial charge in [0.1, 0.15) is 0 Å². The summed E-state index contributed by atoms with van der Waals surface area (Å²) in [6, 6.07) is 14.7. The van der Waals surface area contributed by atoms with E-state index in [1.807, 2.05) is 17.0 Å². The SMILES string of the molecule is Cl.NCCCOC1CCN(C(=O)CSc2ccc3ccccc3c2)CC1. The topological polar surface area (TPSA) is 55.6 Å². The summed E-state index contributed by atoms with van der Waals surface area (Å²) in [7, 11) is 0. The minimum atomic E-state index is 0. The smallest absolute Gasteiger partial charge is 0.232 e. The predicted molar refractivity (Wildman–Crippen MR) is 111 cm³/mol. The quantitative estimate of drug-likeness (QED) is 0.574. The average molecular weight is 395 g/mol. The number of halogens is 1. The number of hydrogen-bond acceptors (Lipinski definition) is 4. The van der Waals surface area contributed by atoms with Gasteiger partial charge in [-0.2, -0.15) is 0 Å². The maximum absolute atomic E-state index is 12.4. The van der Waals surface area contributed by atoms with Gasteiger partial charge in [-0.25, -0.2) is 0 Å². The van der Waals surface area contributed by atoms with E-state index in [1.165, 1.54) is 10.8 Å². The van der Waals surface area contributed by atoms with Crippen molar-refractivity contribution in [2.45, 2.75) is 30.3 Å². The van der Waals surface area contributed by atoms with Gasteiger partial charge >= 0.3 is 0 Å². The van der Waals surface area contributed by atoms with Crippen molar-refractivity contribution in [1.29, 1.82) is 0 Å². The van der Waals surface area contributed by atoms with Crippen molar-refractivity contribution in [2.24, 2.45) is 5.73 Å². The highest BCUT2D eigenvalue weighted by Gasteiger charge is 2.23. The number of nitrogens with two attached hydrogens (primary N) is 1. The number of amides is 1. The Bertz CT molecular complexity index is 705. The van der Waals surface area contributed by atoms with Crippen LogP contribution >= 0.6 is 24.2 Å². The Morgan fingerprint density at radius 1 is 1.15 bits per heavy atom. The van der Waals surface area contributed by atoms with Crippen LogP contribution in [0.4, 0.5) is 0 Å². The van der Waals surface area contributed by atoms with E-state index in [9.17, 15) is 4.79 Å². The molecule has 26 heavy (non-hydrogen) atoms. The Labute approximate surface area is 165 Å². The number of rotatable bonds is 7. The molecule has 0 aromatic heterocycles. The van der Waals surface area contributed by atoms with Crippen LogP contribution in [0.1, 0.15) is 19.3 Å². The zero-order valence-corrected chi connectivity index (χ0v) is 16.6. The average Bonchev–Trinajstić information content (AvgIpc) is 2.66. The number of hydrogen-bond donors (Lipinski definition) is 1. The second-order valence-corrected chi connectivity index (χ2v) is 7.44. The second-order valence-electron chi connectivity index (χ2n) is 6.39. The standard InChI is InChI=1S/C20H26N2O2S.ClH/c21-10-3-13-24-18-8-11-22(12-9-18)20(23)15-25-19-7-6-16-4-1-2-5-17(16)14-19;/h1-2,4-7,14,18H,3,8-13,15,21H2;1H. The molecule has 2 aromatic rings. The largest absolute Gasteiger partial charge is 0.378 e. The second kappa shape index (κ2) is 10.8. The molecule has 0 atom stereocenters. The highest BCUT2D eigenvalue weighted by atomic mass is 35.5. The van der Waals surface area contributed by atoms with Gasteiger partial charge in [-0.3, -0.25) is 4.79 Å². The summed E-state index contributed by atoms with van der Waals surface area (Å²) in [6.07, 6.45) is 3.04. The summed E-state index contributed by atoms with van der Waals surface area (Å²) in [5.41, 5.74) is 5.48. The Hall–Kier alpha value is -1.27. The molecule has 4 nitrogen and oxygen atoms in total. The van der Waals surface area contributed by atoms with Gasteiger partial charge in [0.25, 0.3) is 0 Å². The monoisotopic (exact) mass is 394 g/mol. The van der Waals surface area contributed by atoms with Crippen LogP contribution in [-0.4, -0.2) is 48.9 Å². The van der Waals surface area contributed by atoms with E-state index < -0.39 is 0 Å². The number of carbonyl (C=O) groups excluding carboxylic acids is 1. The zero-order chi connectivity index (χ0) is 17.5. The number of ether oxygens (including phenoxy) is 1. The number of carbonyl (C=O) groups is 1. The predicted octanol–water partition coefficient (Wildman–Crippen LogP) is 3.71. The van der Waals surface area contributed by atoms with Gasteiger partial charge in [-0.1, -0.05) is 30.3 Å². The minimum absolute atomic E-state index is 0. The first kappa shape index (κ1) is 21.0. The fourth-order valence-electron chi connectivity index (χ4n) is 3.10. The van der Waals surface area contributed by atoms with Crippen molar-refractivity contribution < 1.29 is 9.53 Å². The van der Waals surface area contributed by atoms with E-state index in [0.29, 0.717) is 12.3 Å². The van der Waals surface area contributed by atoms with E-state index in [4.69, 9.17) is 10.5 Å². The first-order valence-electron chi connectivity index (χ1n) is 8.97. The molecule has 1 saturated heterocycles. The van der Waals surface area contributed by atoms with E-state index in [1.54, 1.807) is 11.8 Å². The summed E-state index contributed by atoms with van der Waals surface area (Å²) in [4.78, 5) is 15.6. The van der Waals surface area contributed by atoms with Crippen LogP contribution in [0.2, 0.25) is 0 Å². The molecule has 0 bridgehead atoms. The first-order chi connectivity index (χ1) is 12.3. The van der Waals surface area contributed by atoms with E-state index in [0.717, 1.165) is 43.9 Å². The third-order valence-electron chi connectivity index (χ3n) is 4.58. The molecule has 1 aliphatic rings. The van der Waals surface area contributed by atoms with E-state index in [-0.39, 0.29) is 24.4 Å². The fourth-order valence-corrected chi connectivity index (χ4v) is 3.95. The van der Waals surface area contributed by atoms with Crippen molar-refractivity contribution in [2.75, 3.05) is 32.0 Å². The molecule has 1 fully saturated rings. The molecule has 0 spiro atoms. The summed E-state index contributed by atoms with van der Waals surface area (Å²) in [6.45, 7) is 2.99. The van der Waals surface area contributed by atoms with Crippen molar-refractivity contribution in [3.63, 3.8) is 0 Å². The lowest BCUT2D eigenvalue weighted by Gasteiger charge is -2.32. The van der Waals surface area contributed by atoms with Crippen molar-refractivity contribution in [3.8, 4) is 0 Å². The Kier molecular flexibility index (Phi) is 8.72. The van der Waals surface area contributed by atoms with Gasteiger partial charge in [-0.15, -0.1) is 24.2 Å². The number of benzene rings is 2. The number of thioether (sulfide) groups is 1. The van der Waals surface area contributed by atoms with E-state index in [2.05, 4.69) is 30.3 Å². The van der Waals surface area contributed by atoms with Crippen LogP contribution in [0.3, 0.4) is 0 Å². The van der Waals surface area contributed by atoms with Crippen LogP contribution in [-0.2, 0) is 9.53 Å². The molecule has 0 radical (unpaired) electrons. The molecule has 0 saturated carbocycles. The molecule has 0 aliphatic carbocycles. The van der Waals surface area contributed by atoms with Crippen LogP contribution in [0, 0.1) is 0 Å². The van der Waals surface area contributed by atoms with Crippen LogP contribution < -0.4 is 5.73 Å². The van der Waals surface area contributed by atoms with Crippen LogP contribution in [0.15, 0.2) is 47.4 Å². The highest BCUT2D eigenvalue weighted by Crippen LogP contribution is 2.24. The highest BCUT2D eigenvalue weighted by molar-refractivity contribution is 8.00. The zero-order valence-electron chi connectivity index (χ0n) is 14.9. The van der Waals surface area contributed by atoms with Gasteiger partial charge < -0.3 is 15.4 Å². The molecule has 0 unspecified atom stereocenters. The normalized spacial score (nSPS) is 15.0. The number of piperidine rings is 1. The number of fused-ring (bicyclic) bond motifs is 1. The summed E-state index contributed by atoms with van der Waals surface area (Å²) < 4.78 is 5.80.